The molecule has 7 nitrogen and oxygen atoms in total. The van der Waals surface area contributed by atoms with Gasteiger partial charge in [-0.1, -0.05) is 0 Å². The van der Waals surface area contributed by atoms with Gasteiger partial charge >= 0.3 is 12.3 Å². The molecule has 1 aliphatic heterocycles. The number of pyridine rings is 1. The normalized spacial score (nSPS) is 15.4. The molecule has 1 aliphatic rings. The first-order valence-electron chi connectivity index (χ1n) is 9.04. The number of anilines is 1. The summed E-state index contributed by atoms with van der Waals surface area (Å²) in [5.41, 5.74) is -1.33. The van der Waals surface area contributed by atoms with E-state index in [1.807, 2.05) is 4.90 Å². The third kappa shape index (κ3) is 6.58. The standard InChI is InChI=1S/C18H25F3N4O3/c1-17(2,3)28-16(27)22-7-6-15(26)25-10-8-24(9-11-25)14-5-4-13(12-23-14)18(19,20)21/h4-5,12H,6-11H2,1-3H3,(H,22,27)/p+1. The number of hydrogen-bond acceptors (Lipinski definition) is 4. The number of ether oxygens (including phenoxy) is 1. The van der Waals surface area contributed by atoms with Crippen molar-refractivity contribution in [3.63, 3.8) is 0 Å². The van der Waals surface area contributed by atoms with Gasteiger partial charge in [-0.2, -0.15) is 13.2 Å². The van der Waals surface area contributed by atoms with Crippen molar-refractivity contribution in [2.45, 2.75) is 39.0 Å². The van der Waals surface area contributed by atoms with Crippen LogP contribution in [0.4, 0.5) is 23.8 Å². The summed E-state index contributed by atoms with van der Waals surface area (Å²) in [5.74, 6) is 0.485. The number of nitrogens with one attached hydrogen (secondary N) is 2. The van der Waals surface area contributed by atoms with Crippen molar-refractivity contribution in [2.75, 3.05) is 37.6 Å². The van der Waals surface area contributed by atoms with Gasteiger partial charge in [-0.05, 0) is 26.8 Å². The van der Waals surface area contributed by atoms with Gasteiger partial charge in [0.1, 0.15) is 24.9 Å². The Balaban J connectivity index is 1.75. The second-order valence-corrected chi connectivity index (χ2v) is 7.51. The monoisotopic (exact) mass is 403 g/mol. The van der Waals surface area contributed by atoms with Gasteiger partial charge in [-0.25, -0.2) is 9.78 Å². The predicted octanol–water partition coefficient (Wildman–Crippen LogP) is 2.08. The van der Waals surface area contributed by atoms with Crippen LogP contribution < -0.4 is 15.2 Å². The molecule has 2 rings (SSSR count). The quantitative estimate of drug-likeness (QED) is 0.835. The van der Waals surface area contributed by atoms with Crippen LogP contribution in [-0.4, -0.2) is 55.2 Å². The van der Waals surface area contributed by atoms with Gasteiger partial charge in [0.25, 0.3) is 5.82 Å². The average molecular weight is 403 g/mol. The molecule has 0 spiro atoms. The maximum absolute atomic E-state index is 12.6. The van der Waals surface area contributed by atoms with E-state index in [1.165, 1.54) is 6.07 Å². The van der Waals surface area contributed by atoms with Crippen molar-refractivity contribution in [3.05, 3.63) is 23.9 Å². The topological polar surface area (TPSA) is 76.0 Å². The number of aromatic amines is 1. The van der Waals surface area contributed by atoms with Gasteiger partial charge in [-0.3, -0.25) is 9.69 Å². The van der Waals surface area contributed by atoms with Crippen molar-refractivity contribution in [3.8, 4) is 0 Å². The Kier molecular flexibility index (Phi) is 6.73. The van der Waals surface area contributed by atoms with Crippen LogP contribution in [0.25, 0.3) is 0 Å². The Hall–Kier alpha value is -2.52. The summed E-state index contributed by atoms with van der Waals surface area (Å²) in [5, 5.41) is 2.55. The summed E-state index contributed by atoms with van der Waals surface area (Å²) >= 11 is 0. The molecule has 1 fully saturated rings. The lowest BCUT2D eigenvalue weighted by Gasteiger charge is -2.31. The van der Waals surface area contributed by atoms with E-state index in [0.717, 1.165) is 12.3 Å². The Morgan fingerprint density at radius 3 is 2.29 bits per heavy atom. The Labute approximate surface area is 161 Å². The minimum atomic E-state index is -4.38. The molecule has 0 bridgehead atoms. The van der Waals surface area contributed by atoms with Gasteiger partial charge in [0, 0.05) is 19.0 Å². The molecule has 0 atom stereocenters. The van der Waals surface area contributed by atoms with Crippen LogP contribution in [0.15, 0.2) is 18.3 Å². The lowest BCUT2D eigenvalue weighted by molar-refractivity contribution is -0.367. The third-order valence-corrected chi connectivity index (χ3v) is 4.10. The molecule has 0 aliphatic carbocycles. The lowest BCUT2D eigenvalue weighted by Crippen LogP contribution is -2.50. The van der Waals surface area contributed by atoms with E-state index in [2.05, 4.69) is 10.3 Å². The second-order valence-electron chi connectivity index (χ2n) is 7.51. The molecule has 156 valence electrons. The zero-order valence-corrected chi connectivity index (χ0v) is 16.2. The average Bonchev–Trinajstić information content (AvgIpc) is 2.59. The number of hydrogen-bond donors (Lipinski definition) is 1. The van der Waals surface area contributed by atoms with Crippen molar-refractivity contribution in [1.82, 2.24) is 10.2 Å². The van der Waals surface area contributed by atoms with Crippen molar-refractivity contribution < 1.29 is 32.5 Å². The molecule has 2 heterocycles. The summed E-state index contributed by atoms with van der Waals surface area (Å²) in [7, 11) is 0. The predicted molar refractivity (Wildman–Crippen MR) is 95.6 cm³/mol. The lowest BCUT2D eigenvalue weighted by atomic mass is 10.2. The van der Waals surface area contributed by atoms with Crippen LogP contribution in [0.2, 0.25) is 0 Å². The molecular weight excluding hydrogens is 377 g/mol. The number of carbonyl (C=O) groups excluding carboxylic acids is 2. The first-order valence-corrected chi connectivity index (χ1v) is 9.04. The zero-order valence-electron chi connectivity index (χ0n) is 16.2. The molecular formula is C18H26F3N4O3+. The third-order valence-electron chi connectivity index (χ3n) is 4.10. The molecule has 1 aromatic rings. The van der Waals surface area contributed by atoms with Gasteiger partial charge in [-0.15, -0.1) is 0 Å². The molecule has 0 saturated carbocycles. The number of H-pyrrole nitrogens is 1. The second kappa shape index (κ2) is 8.66. The summed E-state index contributed by atoms with van der Waals surface area (Å²) in [4.78, 5) is 30.0. The number of aromatic nitrogens is 1. The van der Waals surface area contributed by atoms with Crippen LogP contribution in [0.5, 0.6) is 0 Å². The molecule has 0 unspecified atom stereocenters. The summed E-state index contributed by atoms with van der Waals surface area (Å²) in [6.07, 6.45) is -3.85. The molecule has 0 aromatic carbocycles. The minimum absolute atomic E-state index is 0.0906. The Bertz CT molecular complexity index is 679. The van der Waals surface area contributed by atoms with E-state index >= 15 is 0 Å². The fourth-order valence-corrected chi connectivity index (χ4v) is 2.73. The van der Waals surface area contributed by atoms with Crippen molar-refractivity contribution >= 4 is 17.8 Å². The molecule has 2 N–H and O–H groups in total. The number of alkyl halides is 3. The Morgan fingerprint density at radius 1 is 1.14 bits per heavy atom. The van der Waals surface area contributed by atoms with Crippen molar-refractivity contribution in [1.29, 1.82) is 0 Å². The summed E-state index contributed by atoms with van der Waals surface area (Å²) in [6.45, 7) is 7.38. The number of halogens is 3. The van der Waals surface area contributed by atoms with E-state index in [9.17, 15) is 22.8 Å². The van der Waals surface area contributed by atoms with E-state index in [-0.39, 0.29) is 18.9 Å². The minimum Gasteiger partial charge on any atom is -0.444 e. The molecule has 1 aromatic heterocycles. The van der Waals surface area contributed by atoms with Crippen LogP contribution in [-0.2, 0) is 15.7 Å². The fraction of sp³-hybridized carbons (Fsp3) is 0.611. The number of rotatable bonds is 4. The number of alkyl carbamates (subject to hydrolysis) is 1. The highest BCUT2D eigenvalue weighted by Gasteiger charge is 2.33. The van der Waals surface area contributed by atoms with Crippen LogP contribution >= 0.6 is 0 Å². The Morgan fingerprint density at radius 2 is 1.79 bits per heavy atom. The fourth-order valence-electron chi connectivity index (χ4n) is 2.73. The first-order chi connectivity index (χ1) is 13.0. The number of piperazine rings is 1. The van der Waals surface area contributed by atoms with Crippen LogP contribution in [0, 0.1) is 0 Å². The van der Waals surface area contributed by atoms with Gasteiger partial charge in [0.2, 0.25) is 5.91 Å². The molecule has 28 heavy (non-hydrogen) atoms. The van der Waals surface area contributed by atoms with Gasteiger partial charge < -0.3 is 15.0 Å². The SMILES string of the molecule is CC(C)(C)OC(=O)NCCC(=O)N1CCN(c2ccc(C(F)(F)F)c[nH+]2)CC1. The smallest absolute Gasteiger partial charge is 0.419 e. The highest BCUT2D eigenvalue weighted by Crippen LogP contribution is 2.28. The highest BCUT2D eigenvalue weighted by molar-refractivity contribution is 5.77. The van der Waals surface area contributed by atoms with E-state index < -0.39 is 23.4 Å². The van der Waals surface area contributed by atoms with E-state index in [1.54, 1.807) is 25.7 Å². The molecule has 1 saturated heterocycles. The molecule has 0 radical (unpaired) electrons. The van der Waals surface area contributed by atoms with E-state index in [0.29, 0.717) is 32.0 Å². The van der Waals surface area contributed by atoms with Crippen molar-refractivity contribution in [2.24, 2.45) is 0 Å². The van der Waals surface area contributed by atoms with Crippen LogP contribution in [0.1, 0.15) is 32.8 Å². The zero-order chi connectivity index (χ0) is 20.9. The van der Waals surface area contributed by atoms with Crippen LogP contribution in [0.3, 0.4) is 0 Å². The summed E-state index contributed by atoms with van der Waals surface area (Å²) in [6, 6.07) is 2.43. The highest BCUT2D eigenvalue weighted by atomic mass is 19.4. The van der Waals surface area contributed by atoms with Gasteiger partial charge in [0.15, 0.2) is 0 Å². The molecule has 2 amide bonds. The summed E-state index contributed by atoms with van der Waals surface area (Å²) < 4.78 is 43.0. The number of nitrogens with zero attached hydrogens (tertiary/aromatic N) is 2. The van der Waals surface area contributed by atoms with Gasteiger partial charge in [0.05, 0.1) is 18.7 Å². The maximum atomic E-state index is 12.6. The maximum Gasteiger partial charge on any atom is 0.419 e. The first kappa shape index (κ1) is 21.8. The largest absolute Gasteiger partial charge is 0.444 e. The number of amides is 2. The van der Waals surface area contributed by atoms with E-state index in [4.69, 9.17) is 4.74 Å². The molecule has 10 heteroatoms. The number of carbonyl (C=O) groups is 2.